The summed E-state index contributed by atoms with van der Waals surface area (Å²) in [5.41, 5.74) is 18.1. The number of allylic oxidation sites excluding steroid dienone is 1. The Bertz CT molecular complexity index is 1530. The number of aliphatic hydroxyl groups is 1. The summed E-state index contributed by atoms with van der Waals surface area (Å²) >= 11 is 0. The SMILES string of the molecule is CN=CC(=CN)c1cnc(N)c(C(=O)N[C@H]2CN(C)C[C@@H]2OCc2ccc(-c3ccc(C(C)N4CCN(CCO)CC4)cc3)cc2)c1. The molecule has 5 rings (SSSR count). The summed E-state index contributed by atoms with van der Waals surface area (Å²) in [5, 5.41) is 12.3. The number of ether oxygens (including phenoxy) is 1. The Morgan fingerprint density at radius 2 is 1.79 bits per heavy atom. The second-order valence-electron chi connectivity index (χ2n) is 12.4. The number of hydrogen-bond acceptors (Lipinski definition) is 10. The second-order valence-corrected chi connectivity index (χ2v) is 12.4. The molecule has 2 aliphatic rings. The predicted octanol–water partition coefficient (Wildman–Crippen LogP) is 2.63. The molecular formula is C36H48N8O3. The minimum absolute atomic E-state index is 0.150. The highest BCUT2D eigenvalue weighted by atomic mass is 16.5. The van der Waals surface area contributed by atoms with Gasteiger partial charge in [-0.15, -0.1) is 0 Å². The van der Waals surface area contributed by atoms with Gasteiger partial charge in [0, 0.05) is 88.7 Å². The molecule has 1 aromatic heterocycles. The lowest BCUT2D eigenvalue weighted by atomic mass is 9.99. The molecule has 3 atom stereocenters. The van der Waals surface area contributed by atoms with Gasteiger partial charge in [-0.3, -0.25) is 19.6 Å². The third kappa shape index (κ3) is 8.62. The number of anilines is 1. The molecule has 3 heterocycles. The van der Waals surface area contributed by atoms with Gasteiger partial charge in [-0.05, 0) is 42.3 Å². The molecule has 0 radical (unpaired) electrons. The first-order valence-electron chi connectivity index (χ1n) is 16.3. The number of hydrogen-bond donors (Lipinski definition) is 4. The lowest BCUT2D eigenvalue weighted by Crippen LogP contribution is -2.47. The Morgan fingerprint density at radius 1 is 1.11 bits per heavy atom. The zero-order valence-electron chi connectivity index (χ0n) is 27.7. The van der Waals surface area contributed by atoms with Crippen LogP contribution in [-0.2, 0) is 11.3 Å². The molecule has 3 aromatic rings. The number of aromatic nitrogens is 1. The summed E-state index contributed by atoms with van der Waals surface area (Å²) in [7, 11) is 3.67. The average molecular weight is 641 g/mol. The van der Waals surface area contributed by atoms with Crippen LogP contribution in [-0.4, -0.2) is 116 Å². The number of amides is 1. The van der Waals surface area contributed by atoms with E-state index in [0.717, 1.165) is 43.9 Å². The van der Waals surface area contributed by atoms with Gasteiger partial charge in [0.2, 0.25) is 0 Å². The molecule has 2 fully saturated rings. The van der Waals surface area contributed by atoms with E-state index in [1.54, 1.807) is 25.5 Å². The first kappa shape index (κ1) is 34.2. The van der Waals surface area contributed by atoms with Crippen LogP contribution >= 0.6 is 0 Å². The fourth-order valence-corrected chi connectivity index (χ4v) is 6.36. The van der Waals surface area contributed by atoms with Crippen LogP contribution in [0.3, 0.4) is 0 Å². The van der Waals surface area contributed by atoms with Gasteiger partial charge < -0.3 is 31.5 Å². The van der Waals surface area contributed by atoms with Gasteiger partial charge in [-0.25, -0.2) is 4.98 Å². The molecule has 2 saturated heterocycles. The largest absolute Gasteiger partial charge is 0.404 e. The van der Waals surface area contributed by atoms with Gasteiger partial charge in [-0.1, -0.05) is 48.5 Å². The van der Waals surface area contributed by atoms with Gasteiger partial charge >= 0.3 is 0 Å². The van der Waals surface area contributed by atoms with Crippen molar-refractivity contribution in [3.63, 3.8) is 0 Å². The molecule has 47 heavy (non-hydrogen) atoms. The van der Waals surface area contributed by atoms with Crippen molar-refractivity contribution in [2.45, 2.75) is 31.7 Å². The molecule has 6 N–H and O–H groups in total. The van der Waals surface area contributed by atoms with E-state index in [1.807, 2.05) is 7.05 Å². The molecular weight excluding hydrogens is 592 g/mol. The maximum atomic E-state index is 13.3. The number of rotatable bonds is 12. The van der Waals surface area contributed by atoms with E-state index in [-0.39, 0.29) is 36.0 Å². The van der Waals surface area contributed by atoms with E-state index in [9.17, 15) is 9.90 Å². The fraction of sp³-hybridized carbons (Fsp3) is 0.417. The molecule has 250 valence electrons. The monoisotopic (exact) mass is 640 g/mol. The first-order valence-corrected chi connectivity index (χ1v) is 16.3. The van der Waals surface area contributed by atoms with Crippen LogP contribution in [0.15, 0.2) is 72.0 Å². The Labute approximate surface area is 277 Å². The van der Waals surface area contributed by atoms with E-state index in [2.05, 4.69) is 85.4 Å². The van der Waals surface area contributed by atoms with Crippen molar-refractivity contribution in [3.8, 4) is 11.1 Å². The molecule has 0 bridgehead atoms. The highest BCUT2D eigenvalue weighted by Gasteiger charge is 2.33. The number of nitrogen functional groups attached to an aromatic ring is 1. The van der Waals surface area contributed by atoms with Crippen molar-refractivity contribution >= 4 is 23.5 Å². The Hall–Kier alpha value is -4.13. The van der Waals surface area contributed by atoms with Crippen molar-refractivity contribution < 1.29 is 14.6 Å². The second kappa shape index (κ2) is 16.1. The zero-order valence-corrected chi connectivity index (χ0v) is 27.7. The number of benzene rings is 2. The number of nitrogens with two attached hydrogens (primary N) is 2. The number of likely N-dealkylation sites (tertiary alicyclic amines) is 1. The summed E-state index contributed by atoms with van der Waals surface area (Å²) in [6, 6.07) is 19.2. The van der Waals surface area contributed by atoms with E-state index in [1.165, 1.54) is 17.3 Å². The number of nitrogens with zero attached hydrogens (tertiary/aromatic N) is 5. The summed E-state index contributed by atoms with van der Waals surface area (Å²) in [6.45, 7) is 9.07. The average Bonchev–Trinajstić information content (AvgIpc) is 3.45. The molecule has 11 nitrogen and oxygen atoms in total. The highest BCUT2D eigenvalue weighted by Crippen LogP contribution is 2.27. The van der Waals surface area contributed by atoms with Crippen molar-refractivity contribution in [1.29, 1.82) is 0 Å². The Kier molecular flexibility index (Phi) is 11.7. The zero-order chi connectivity index (χ0) is 33.3. The van der Waals surface area contributed by atoms with Gasteiger partial charge in [0.15, 0.2) is 0 Å². The topological polar surface area (TPSA) is 146 Å². The van der Waals surface area contributed by atoms with Crippen LogP contribution in [0.1, 0.15) is 40.0 Å². The molecule has 1 amide bonds. The van der Waals surface area contributed by atoms with Gasteiger partial charge in [0.25, 0.3) is 5.91 Å². The number of nitrogens with one attached hydrogen (secondary N) is 1. The van der Waals surface area contributed by atoms with Crippen LogP contribution in [0.4, 0.5) is 5.82 Å². The van der Waals surface area contributed by atoms with Crippen LogP contribution < -0.4 is 16.8 Å². The normalized spacial score (nSPS) is 20.6. The van der Waals surface area contributed by atoms with E-state index in [0.29, 0.717) is 36.9 Å². The van der Waals surface area contributed by atoms with Crippen molar-refractivity contribution in [3.05, 3.63) is 89.2 Å². The van der Waals surface area contributed by atoms with Crippen molar-refractivity contribution in [2.24, 2.45) is 10.7 Å². The van der Waals surface area contributed by atoms with Crippen LogP contribution in [0.2, 0.25) is 0 Å². The minimum atomic E-state index is -0.305. The fourth-order valence-electron chi connectivity index (χ4n) is 6.36. The third-order valence-corrected chi connectivity index (χ3v) is 9.22. The number of piperazine rings is 1. The minimum Gasteiger partial charge on any atom is -0.404 e. The van der Waals surface area contributed by atoms with Gasteiger partial charge in [0.1, 0.15) is 5.82 Å². The number of aliphatic hydroxyl groups excluding tert-OH is 1. The van der Waals surface area contributed by atoms with E-state index in [4.69, 9.17) is 16.2 Å². The summed E-state index contributed by atoms with van der Waals surface area (Å²) in [4.78, 5) is 28.5. The molecule has 0 spiro atoms. The number of carbonyl (C=O) groups excluding carboxylic acids is 1. The molecule has 2 aromatic carbocycles. The Balaban J connectivity index is 1.16. The Morgan fingerprint density at radius 3 is 2.43 bits per heavy atom. The van der Waals surface area contributed by atoms with Crippen LogP contribution in [0.5, 0.6) is 0 Å². The smallest absolute Gasteiger partial charge is 0.255 e. The van der Waals surface area contributed by atoms with E-state index >= 15 is 0 Å². The highest BCUT2D eigenvalue weighted by molar-refractivity contribution is 6.10. The molecule has 1 unspecified atom stereocenters. The molecule has 2 aliphatic heterocycles. The maximum Gasteiger partial charge on any atom is 0.255 e. The number of carbonyl (C=O) groups is 1. The number of β-amino-alcohol motifs (C(OH)–C–C–N with tert-alkyl or cyclic N) is 1. The quantitative estimate of drug-likeness (QED) is 0.220. The maximum absolute atomic E-state index is 13.3. The molecule has 0 aliphatic carbocycles. The summed E-state index contributed by atoms with van der Waals surface area (Å²) in [5.74, 6) is -0.154. The van der Waals surface area contributed by atoms with Crippen LogP contribution in [0.25, 0.3) is 16.7 Å². The first-order chi connectivity index (χ1) is 22.8. The molecule has 11 heteroatoms. The predicted molar refractivity (Wildman–Crippen MR) is 188 cm³/mol. The summed E-state index contributed by atoms with van der Waals surface area (Å²) in [6.07, 6.45) is 4.43. The standard InChI is InChI=1S/C36H48N8O3/c1-25(44-14-12-43(13-15-44)16-17-45)27-8-10-29(11-9-27)28-6-4-26(5-7-28)24-47-34-23-42(3)22-33(34)41-36(46)32-18-30(21-40-35(32)38)31(19-37)20-39-2/h4-11,18-21,25,33-34,45H,12-17,22-24,37H2,1-3H3,(H2,38,40)(H,41,46)/t25?,33-,34-/m0/s1. The van der Waals surface area contributed by atoms with E-state index < -0.39 is 0 Å². The van der Waals surface area contributed by atoms with Crippen molar-refractivity contribution in [2.75, 3.05) is 72.2 Å². The number of pyridine rings is 1. The summed E-state index contributed by atoms with van der Waals surface area (Å²) < 4.78 is 6.35. The lowest BCUT2D eigenvalue weighted by molar-refractivity contribution is 0.0323. The third-order valence-electron chi connectivity index (χ3n) is 9.22. The van der Waals surface area contributed by atoms with Gasteiger partial charge in [0.05, 0.1) is 30.9 Å². The van der Waals surface area contributed by atoms with Crippen molar-refractivity contribution in [1.82, 2.24) is 25.0 Å². The number of aliphatic imine (C=N–C) groups is 1. The van der Waals surface area contributed by atoms with Gasteiger partial charge in [-0.2, -0.15) is 0 Å². The number of likely N-dealkylation sites (N-methyl/N-ethyl adjacent to an activating group) is 1. The lowest BCUT2D eigenvalue weighted by Gasteiger charge is -2.38. The molecule has 0 saturated carbocycles. The van der Waals surface area contributed by atoms with Crippen LogP contribution in [0, 0.1) is 0 Å².